The fraction of sp³-hybridized carbons (Fsp3) is 0.647. The number of anilines is 1. The van der Waals surface area contributed by atoms with Gasteiger partial charge in [-0.2, -0.15) is 0 Å². The Bertz CT molecular complexity index is 405. The van der Waals surface area contributed by atoms with Crippen LogP contribution in [0.25, 0.3) is 0 Å². The van der Waals surface area contributed by atoms with Crippen molar-refractivity contribution >= 4 is 5.69 Å². The lowest BCUT2D eigenvalue weighted by Gasteiger charge is -2.39. The molecule has 0 bridgehead atoms. The first-order valence-electron chi connectivity index (χ1n) is 7.44. The van der Waals surface area contributed by atoms with Crippen LogP contribution >= 0.6 is 0 Å². The van der Waals surface area contributed by atoms with Crippen LogP contribution in [-0.2, 0) is 0 Å². The Morgan fingerprint density at radius 2 is 1.89 bits per heavy atom. The van der Waals surface area contributed by atoms with E-state index < -0.39 is 0 Å². The second-order valence-corrected chi connectivity index (χ2v) is 6.45. The lowest BCUT2D eigenvalue weighted by Crippen LogP contribution is -2.41. The second-order valence-electron chi connectivity index (χ2n) is 6.45. The van der Waals surface area contributed by atoms with Crippen LogP contribution in [0.2, 0.25) is 0 Å². The highest BCUT2D eigenvalue weighted by molar-refractivity contribution is 5.52. The van der Waals surface area contributed by atoms with Gasteiger partial charge in [0.15, 0.2) is 0 Å². The van der Waals surface area contributed by atoms with Gasteiger partial charge in [0.2, 0.25) is 0 Å². The Labute approximate surface area is 117 Å². The zero-order valence-electron chi connectivity index (χ0n) is 12.6. The van der Waals surface area contributed by atoms with Gasteiger partial charge in [-0.25, -0.2) is 0 Å². The van der Waals surface area contributed by atoms with Crippen molar-refractivity contribution in [3.05, 3.63) is 29.8 Å². The first-order chi connectivity index (χ1) is 8.99. The van der Waals surface area contributed by atoms with Gasteiger partial charge in [-0.05, 0) is 43.2 Å². The molecule has 4 atom stereocenters. The maximum absolute atomic E-state index is 10.3. The van der Waals surface area contributed by atoms with Crippen LogP contribution in [0.1, 0.15) is 32.3 Å². The van der Waals surface area contributed by atoms with E-state index in [1.165, 1.54) is 17.7 Å². The SMILES string of the molecule is Cc1ccccc1N(C)CC1C(C)CC(C)CC1O. The molecule has 106 valence electrons. The maximum atomic E-state index is 10.3. The number of aliphatic hydroxyl groups excluding tert-OH is 1. The van der Waals surface area contributed by atoms with Gasteiger partial charge in [0.05, 0.1) is 6.10 Å². The molecular weight excluding hydrogens is 234 g/mol. The lowest BCUT2D eigenvalue weighted by atomic mass is 9.73. The second kappa shape index (κ2) is 5.96. The third-order valence-corrected chi connectivity index (χ3v) is 4.65. The molecule has 0 spiro atoms. The number of aryl methyl sites for hydroxylation is 1. The predicted octanol–water partition coefficient (Wildman–Crippen LogP) is 3.47. The molecule has 1 aromatic carbocycles. The molecule has 0 aromatic heterocycles. The summed E-state index contributed by atoms with van der Waals surface area (Å²) in [4.78, 5) is 2.30. The van der Waals surface area contributed by atoms with Gasteiger partial charge in [0, 0.05) is 25.2 Å². The van der Waals surface area contributed by atoms with E-state index >= 15 is 0 Å². The van der Waals surface area contributed by atoms with E-state index in [9.17, 15) is 5.11 Å². The minimum absolute atomic E-state index is 0.148. The zero-order valence-corrected chi connectivity index (χ0v) is 12.6. The van der Waals surface area contributed by atoms with Crippen molar-refractivity contribution in [2.75, 3.05) is 18.5 Å². The average molecular weight is 261 g/mol. The molecule has 1 aliphatic carbocycles. The van der Waals surface area contributed by atoms with Gasteiger partial charge in [0.25, 0.3) is 0 Å². The molecule has 1 aliphatic rings. The minimum Gasteiger partial charge on any atom is -0.393 e. The number of nitrogens with zero attached hydrogens (tertiary/aromatic N) is 1. The molecule has 2 nitrogen and oxygen atoms in total. The van der Waals surface area contributed by atoms with Crippen molar-refractivity contribution in [3.8, 4) is 0 Å². The lowest BCUT2D eigenvalue weighted by molar-refractivity contribution is 0.0205. The van der Waals surface area contributed by atoms with Crippen molar-refractivity contribution in [3.63, 3.8) is 0 Å². The van der Waals surface area contributed by atoms with Crippen LogP contribution in [-0.4, -0.2) is 24.8 Å². The Kier molecular flexibility index (Phi) is 4.51. The van der Waals surface area contributed by atoms with Crippen molar-refractivity contribution in [2.24, 2.45) is 17.8 Å². The molecule has 0 radical (unpaired) electrons. The number of para-hydroxylation sites is 1. The van der Waals surface area contributed by atoms with Crippen LogP contribution in [0.4, 0.5) is 5.69 Å². The molecule has 0 heterocycles. The number of aliphatic hydroxyl groups is 1. The van der Waals surface area contributed by atoms with E-state index in [0.717, 1.165) is 13.0 Å². The van der Waals surface area contributed by atoms with Crippen molar-refractivity contribution in [1.29, 1.82) is 0 Å². The number of benzene rings is 1. The summed E-state index contributed by atoms with van der Waals surface area (Å²) in [5, 5.41) is 10.3. The van der Waals surface area contributed by atoms with Crippen LogP contribution < -0.4 is 4.90 Å². The van der Waals surface area contributed by atoms with E-state index in [1.54, 1.807) is 0 Å². The third-order valence-electron chi connectivity index (χ3n) is 4.65. The minimum atomic E-state index is -0.148. The number of hydrogen-bond donors (Lipinski definition) is 1. The first-order valence-corrected chi connectivity index (χ1v) is 7.44. The summed E-state index contributed by atoms with van der Waals surface area (Å²) in [7, 11) is 2.14. The summed E-state index contributed by atoms with van der Waals surface area (Å²) in [6.07, 6.45) is 2.05. The third kappa shape index (κ3) is 3.30. The van der Waals surface area contributed by atoms with Gasteiger partial charge in [-0.3, -0.25) is 0 Å². The summed E-state index contributed by atoms with van der Waals surface area (Å²) in [5.74, 6) is 1.65. The number of rotatable bonds is 3. The highest BCUT2D eigenvalue weighted by Gasteiger charge is 2.33. The van der Waals surface area contributed by atoms with E-state index in [1.807, 2.05) is 0 Å². The highest BCUT2D eigenvalue weighted by atomic mass is 16.3. The van der Waals surface area contributed by atoms with Crippen molar-refractivity contribution in [2.45, 2.75) is 39.7 Å². The van der Waals surface area contributed by atoms with Gasteiger partial charge in [-0.15, -0.1) is 0 Å². The molecule has 2 heteroatoms. The monoisotopic (exact) mass is 261 g/mol. The van der Waals surface area contributed by atoms with Gasteiger partial charge < -0.3 is 10.0 Å². The Balaban J connectivity index is 2.06. The standard InChI is InChI=1S/C17H27NO/c1-12-9-14(3)15(17(19)10-12)11-18(4)16-8-6-5-7-13(16)2/h5-8,12,14-15,17,19H,9-11H2,1-4H3. The molecule has 19 heavy (non-hydrogen) atoms. The molecule has 1 saturated carbocycles. The fourth-order valence-electron chi connectivity index (χ4n) is 3.58. The summed E-state index contributed by atoms with van der Waals surface area (Å²) >= 11 is 0. The smallest absolute Gasteiger partial charge is 0.0590 e. The average Bonchev–Trinajstić information content (AvgIpc) is 2.34. The zero-order chi connectivity index (χ0) is 14.0. The topological polar surface area (TPSA) is 23.5 Å². The Morgan fingerprint density at radius 3 is 2.53 bits per heavy atom. The van der Waals surface area contributed by atoms with Gasteiger partial charge in [-0.1, -0.05) is 32.0 Å². The molecule has 1 N–H and O–H groups in total. The molecule has 0 saturated heterocycles. The largest absolute Gasteiger partial charge is 0.393 e. The summed E-state index contributed by atoms with van der Waals surface area (Å²) < 4.78 is 0. The van der Waals surface area contributed by atoms with Crippen LogP contribution in [0.3, 0.4) is 0 Å². The molecule has 0 amide bonds. The molecular formula is C17H27NO. The number of hydrogen-bond acceptors (Lipinski definition) is 2. The van der Waals surface area contributed by atoms with Gasteiger partial charge >= 0.3 is 0 Å². The summed E-state index contributed by atoms with van der Waals surface area (Å²) in [5.41, 5.74) is 2.58. The fourth-order valence-corrected chi connectivity index (χ4v) is 3.58. The normalized spacial score (nSPS) is 31.2. The molecule has 1 fully saturated rings. The van der Waals surface area contributed by atoms with E-state index in [4.69, 9.17) is 0 Å². The highest BCUT2D eigenvalue weighted by Crippen LogP contribution is 2.35. The van der Waals surface area contributed by atoms with Crippen LogP contribution in [0.15, 0.2) is 24.3 Å². The van der Waals surface area contributed by atoms with E-state index in [2.05, 4.69) is 57.0 Å². The molecule has 4 unspecified atom stereocenters. The van der Waals surface area contributed by atoms with Gasteiger partial charge in [0.1, 0.15) is 0 Å². The van der Waals surface area contributed by atoms with E-state index in [-0.39, 0.29) is 6.10 Å². The van der Waals surface area contributed by atoms with Crippen LogP contribution in [0.5, 0.6) is 0 Å². The summed E-state index contributed by atoms with van der Waals surface area (Å²) in [6, 6.07) is 8.47. The molecule has 2 rings (SSSR count). The maximum Gasteiger partial charge on any atom is 0.0590 e. The quantitative estimate of drug-likeness (QED) is 0.900. The first kappa shape index (κ1) is 14.4. The van der Waals surface area contributed by atoms with Crippen molar-refractivity contribution < 1.29 is 5.11 Å². The molecule has 0 aliphatic heterocycles. The van der Waals surface area contributed by atoms with Crippen LogP contribution in [0, 0.1) is 24.7 Å². The van der Waals surface area contributed by atoms with E-state index in [0.29, 0.717) is 17.8 Å². The predicted molar refractivity (Wildman–Crippen MR) is 81.5 cm³/mol. The molecule has 1 aromatic rings. The summed E-state index contributed by atoms with van der Waals surface area (Å²) in [6.45, 7) is 7.63. The Hall–Kier alpha value is -1.02. The van der Waals surface area contributed by atoms with Crippen molar-refractivity contribution in [1.82, 2.24) is 0 Å². The Morgan fingerprint density at radius 1 is 1.21 bits per heavy atom.